The van der Waals surface area contributed by atoms with Crippen molar-refractivity contribution in [2.45, 2.75) is 6.42 Å². The van der Waals surface area contributed by atoms with Crippen LogP contribution >= 0.6 is 11.6 Å². The van der Waals surface area contributed by atoms with E-state index in [9.17, 15) is 4.39 Å². The van der Waals surface area contributed by atoms with Crippen LogP contribution in [0.15, 0.2) is 41.1 Å². The number of benzene rings is 1. The highest BCUT2D eigenvalue weighted by molar-refractivity contribution is 6.31. The molecule has 0 atom stereocenters. The summed E-state index contributed by atoms with van der Waals surface area (Å²) < 4.78 is 18.1. The topological polar surface area (TPSA) is 77.8 Å². The quantitative estimate of drug-likeness (QED) is 0.804. The number of nitrogens with zero attached hydrogens (tertiary/aromatic N) is 3. The molecule has 0 saturated heterocycles. The van der Waals surface area contributed by atoms with Crippen LogP contribution in [0.4, 0.5) is 10.1 Å². The lowest BCUT2D eigenvalue weighted by Crippen LogP contribution is -1.93. The van der Waals surface area contributed by atoms with Gasteiger partial charge in [-0.05, 0) is 29.8 Å². The SMILES string of the molecule is Nc1ccc(-c2nc(Cc3ccc(F)cc3Cl)no2)nc1. The molecule has 0 bridgehead atoms. The predicted molar refractivity (Wildman–Crippen MR) is 76.2 cm³/mol. The Morgan fingerprint density at radius 3 is 2.81 bits per heavy atom. The molecule has 0 spiro atoms. The van der Waals surface area contributed by atoms with Gasteiger partial charge in [-0.2, -0.15) is 4.98 Å². The summed E-state index contributed by atoms with van der Waals surface area (Å²) in [6.45, 7) is 0. The van der Waals surface area contributed by atoms with Crippen LogP contribution in [0.5, 0.6) is 0 Å². The van der Waals surface area contributed by atoms with Crippen LogP contribution in [0, 0.1) is 5.82 Å². The summed E-state index contributed by atoms with van der Waals surface area (Å²) in [6.07, 6.45) is 1.85. The lowest BCUT2D eigenvalue weighted by atomic mass is 10.1. The van der Waals surface area contributed by atoms with Gasteiger partial charge < -0.3 is 10.3 Å². The number of rotatable bonds is 3. The van der Waals surface area contributed by atoms with Crippen molar-refractivity contribution in [3.8, 4) is 11.6 Å². The van der Waals surface area contributed by atoms with Crippen LogP contribution in [-0.4, -0.2) is 15.1 Å². The molecule has 106 valence electrons. The summed E-state index contributed by atoms with van der Waals surface area (Å²) in [5.74, 6) is 0.351. The minimum atomic E-state index is -0.386. The minimum absolute atomic E-state index is 0.295. The average molecular weight is 305 g/mol. The summed E-state index contributed by atoms with van der Waals surface area (Å²) in [5, 5.41) is 4.19. The number of nitrogens with two attached hydrogens (primary N) is 1. The third-order valence-electron chi connectivity index (χ3n) is 2.84. The maximum absolute atomic E-state index is 13.0. The Balaban J connectivity index is 1.83. The molecule has 3 aromatic rings. The Kier molecular flexibility index (Phi) is 3.53. The molecule has 0 saturated carbocycles. The zero-order chi connectivity index (χ0) is 14.8. The molecule has 2 N–H and O–H groups in total. The zero-order valence-corrected chi connectivity index (χ0v) is 11.5. The molecule has 2 heterocycles. The first kappa shape index (κ1) is 13.5. The fraction of sp³-hybridized carbons (Fsp3) is 0.0714. The number of anilines is 1. The van der Waals surface area contributed by atoms with Gasteiger partial charge in [-0.3, -0.25) is 0 Å². The van der Waals surface area contributed by atoms with Crippen molar-refractivity contribution in [1.29, 1.82) is 0 Å². The van der Waals surface area contributed by atoms with Gasteiger partial charge >= 0.3 is 0 Å². The molecule has 3 rings (SSSR count). The van der Waals surface area contributed by atoms with Crippen molar-refractivity contribution in [1.82, 2.24) is 15.1 Å². The Bertz CT molecular complexity index is 773. The number of pyridine rings is 1. The average Bonchev–Trinajstić information content (AvgIpc) is 2.91. The molecule has 0 amide bonds. The maximum Gasteiger partial charge on any atom is 0.276 e. The van der Waals surface area contributed by atoms with Gasteiger partial charge in [0.05, 0.1) is 11.9 Å². The van der Waals surface area contributed by atoms with Crippen LogP contribution in [0.3, 0.4) is 0 Å². The Hall–Kier alpha value is -2.47. The molecule has 1 aromatic carbocycles. The molecular formula is C14H10ClFN4O. The van der Waals surface area contributed by atoms with Crippen molar-refractivity contribution < 1.29 is 8.91 Å². The van der Waals surface area contributed by atoms with Crippen molar-refractivity contribution in [2.24, 2.45) is 0 Å². The molecule has 2 aromatic heterocycles. The van der Waals surface area contributed by atoms with Crippen molar-refractivity contribution >= 4 is 17.3 Å². The first-order chi connectivity index (χ1) is 10.1. The number of halogens is 2. The van der Waals surface area contributed by atoms with Crippen LogP contribution < -0.4 is 5.73 Å². The van der Waals surface area contributed by atoms with Crippen LogP contribution in [-0.2, 0) is 6.42 Å². The van der Waals surface area contributed by atoms with Crippen molar-refractivity contribution in [2.75, 3.05) is 5.73 Å². The van der Waals surface area contributed by atoms with Crippen molar-refractivity contribution in [3.05, 3.63) is 58.8 Å². The van der Waals surface area contributed by atoms with Crippen LogP contribution in [0.1, 0.15) is 11.4 Å². The van der Waals surface area contributed by atoms with Gasteiger partial charge in [0.2, 0.25) is 0 Å². The van der Waals surface area contributed by atoms with E-state index in [4.69, 9.17) is 21.9 Å². The molecule has 21 heavy (non-hydrogen) atoms. The summed E-state index contributed by atoms with van der Waals surface area (Å²) in [7, 11) is 0. The van der Waals surface area contributed by atoms with E-state index in [1.165, 1.54) is 18.3 Å². The molecule has 7 heteroatoms. The lowest BCUT2D eigenvalue weighted by molar-refractivity contribution is 0.422. The zero-order valence-electron chi connectivity index (χ0n) is 10.8. The second kappa shape index (κ2) is 5.49. The van der Waals surface area contributed by atoms with Gasteiger partial charge in [0, 0.05) is 11.4 Å². The first-order valence-corrected chi connectivity index (χ1v) is 6.48. The van der Waals surface area contributed by atoms with E-state index < -0.39 is 0 Å². The molecule has 5 nitrogen and oxygen atoms in total. The summed E-state index contributed by atoms with van der Waals surface area (Å²) in [4.78, 5) is 8.34. The van der Waals surface area contributed by atoms with Gasteiger partial charge in [0.1, 0.15) is 11.5 Å². The standard InChI is InChI=1S/C14H10ClFN4O/c15-11-6-9(16)2-1-8(11)5-13-19-14(21-20-13)12-4-3-10(17)7-18-12/h1-4,6-7H,5,17H2. The molecule has 0 fully saturated rings. The molecule has 0 aliphatic carbocycles. The first-order valence-electron chi connectivity index (χ1n) is 6.10. The van der Waals surface area contributed by atoms with E-state index in [2.05, 4.69) is 15.1 Å². The maximum atomic E-state index is 13.0. The van der Waals surface area contributed by atoms with Crippen molar-refractivity contribution in [3.63, 3.8) is 0 Å². The van der Waals surface area contributed by atoms with Gasteiger partial charge in [-0.15, -0.1) is 0 Å². The van der Waals surface area contributed by atoms with E-state index in [0.29, 0.717) is 34.5 Å². The highest BCUT2D eigenvalue weighted by Gasteiger charge is 2.12. The fourth-order valence-corrected chi connectivity index (χ4v) is 2.03. The molecule has 0 aliphatic heterocycles. The van der Waals surface area contributed by atoms with Crippen LogP contribution in [0.25, 0.3) is 11.6 Å². The molecule has 0 radical (unpaired) electrons. The third-order valence-corrected chi connectivity index (χ3v) is 3.19. The highest BCUT2D eigenvalue weighted by atomic mass is 35.5. The van der Waals surface area contributed by atoms with Gasteiger partial charge in [-0.1, -0.05) is 22.8 Å². The normalized spacial score (nSPS) is 10.8. The lowest BCUT2D eigenvalue weighted by Gasteiger charge is -2.00. The summed E-state index contributed by atoms with van der Waals surface area (Å²) in [6, 6.07) is 7.57. The largest absolute Gasteiger partial charge is 0.397 e. The minimum Gasteiger partial charge on any atom is -0.397 e. The van der Waals surface area contributed by atoms with E-state index in [1.807, 2.05) is 0 Å². The van der Waals surface area contributed by atoms with E-state index in [0.717, 1.165) is 5.56 Å². The summed E-state index contributed by atoms with van der Waals surface area (Å²) >= 11 is 5.97. The number of nitrogen functional groups attached to an aromatic ring is 1. The van der Waals surface area contributed by atoms with Gasteiger partial charge in [0.15, 0.2) is 5.82 Å². The third kappa shape index (κ3) is 3.00. The Morgan fingerprint density at radius 2 is 2.10 bits per heavy atom. The second-order valence-corrected chi connectivity index (χ2v) is 4.81. The number of hydrogen-bond donors (Lipinski definition) is 1. The molecule has 0 aliphatic rings. The molecule has 0 unspecified atom stereocenters. The number of hydrogen-bond acceptors (Lipinski definition) is 5. The summed E-state index contributed by atoms with van der Waals surface area (Å²) in [5.41, 5.74) is 7.37. The van der Waals surface area contributed by atoms with Crippen LogP contribution in [0.2, 0.25) is 5.02 Å². The second-order valence-electron chi connectivity index (χ2n) is 4.41. The molecular weight excluding hydrogens is 295 g/mol. The predicted octanol–water partition coefficient (Wildman–Crippen LogP) is 3.10. The monoisotopic (exact) mass is 304 g/mol. The van der Waals surface area contributed by atoms with Gasteiger partial charge in [-0.25, -0.2) is 9.37 Å². The Labute approximate surface area is 124 Å². The van der Waals surface area contributed by atoms with E-state index in [1.54, 1.807) is 18.2 Å². The smallest absolute Gasteiger partial charge is 0.276 e. The fourth-order valence-electron chi connectivity index (χ4n) is 1.80. The number of aromatic nitrogens is 3. The van der Waals surface area contributed by atoms with Gasteiger partial charge in [0.25, 0.3) is 5.89 Å². The Morgan fingerprint density at radius 1 is 1.24 bits per heavy atom. The highest BCUT2D eigenvalue weighted by Crippen LogP contribution is 2.21. The van der Waals surface area contributed by atoms with E-state index in [-0.39, 0.29) is 5.82 Å². The van der Waals surface area contributed by atoms with E-state index >= 15 is 0 Å².